The molecule has 0 fully saturated rings. The topological polar surface area (TPSA) is 124 Å². The number of carbonyl (C=O) groups excluding carboxylic acids is 1. The fourth-order valence-electron chi connectivity index (χ4n) is 0.980. The molecule has 0 aromatic carbocycles. The van der Waals surface area contributed by atoms with Gasteiger partial charge in [-0.3, -0.25) is 4.55 Å². The zero-order valence-electron chi connectivity index (χ0n) is 11.5. The van der Waals surface area contributed by atoms with Gasteiger partial charge in [0.05, 0.1) is 21.1 Å². The molecule has 0 aromatic heterocycles. The van der Waals surface area contributed by atoms with Crippen LogP contribution in [0.2, 0.25) is 0 Å². The van der Waals surface area contributed by atoms with E-state index in [9.17, 15) is 9.90 Å². The first-order valence-corrected chi connectivity index (χ1v) is 6.58. The summed E-state index contributed by atoms with van der Waals surface area (Å²) in [7, 11) is 0.970. The first kappa shape index (κ1) is 20.3. The van der Waals surface area contributed by atoms with E-state index >= 15 is 0 Å². The van der Waals surface area contributed by atoms with Crippen molar-refractivity contribution in [3.05, 3.63) is 12.2 Å². The summed E-state index contributed by atoms with van der Waals surface area (Å²) < 4.78 is 38.3. The maximum atomic E-state index is 11.0. The van der Waals surface area contributed by atoms with E-state index in [0.29, 0.717) is 16.6 Å². The first-order chi connectivity index (χ1) is 8.22. The van der Waals surface area contributed by atoms with E-state index in [-0.39, 0.29) is 6.61 Å². The minimum absolute atomic E-state index is 0.0290. The van der Waals surface area contributed by atoms with Gasteiger partial charge in [-0.1, -0.05) is 6.58 Å². The molecular formula is C10H21NO7S. The highest BCUT2D eigenvalue weighted by Gasteiger charge is 2.17. The van der Waals surface area contributed by atoms with Crippen LogP contribution in [0.15, 0.2) is 12.2 Å². The third-order valence-electron chi connectivity index (χ3n) is 1.51. The Hall–Kier alpha value is -1.00. The molecular weight excluding hydrogens is 278 g/mol. The third kappa shape index (κ3) is 22.6. The summed E-state index contributed by atoms with van der Waals surface area (Å²) in [6.45, 7) is 5.60. The van der Waals surface area contributed by atoms with E-state index in [0.717, 1.165) is 0 Å². The Bertz CT molecular complexity index is 389. The van der Waals surface area contributed by atoms with E-state index in [1.54, 1.807) is 6.92 Å². The van der Waals surface area contributed by atoms with Crippen molar-refractivity contribution in [1.29, 1.82) is 0 Å². The lowest BCUT2D eigenvalue weighted by molar-refractivity contribution is -0.873. The normalized spacial score (nSPS) is 13.0. The zero-order chi connectivity index (χ0) is 15.9. The summed E-state index contributed by atoms with van der Waals surface area (Å²) >= 11 is 0. The lowest BCUT2D eigenvalue weighted by atomic mass is 10.3. The molecule has 0 amide bonds. The van der Waals surface area contributed by atoms with Gasteiger partial charge in [-0.15, -0.1) is 0 Å². The molecule has 0 radical (unpaired) electrons. The number of aliphatic hydroxyl groups excluding tert-OH is 1. The van der Waals surface area contributed by atoms with E-state index in [1.807, 2.05) is 21.1 Å². The van der Waals surface area contributed by atoms with Crippen LogP contribution in [0, 0.1) is 0 Å². The lowest BCUT2D eigenvalue weighted by Crippen LogP contribution is -2.43. The molecule has 8 nitrogen and oxygen atoms in total. The minimum atomic E-state index is -4.92. The Morgan fingerprint density at radius 1 is 1.42 bits per heavy atom. The second-order valence-corrected chi connectivity index (χ2v) is 5.79. The number of nitrogens with zero attached hydrogens (tertiary/aromatic N) is 1. The Morgan fingerprint density at radius 3 is 2.05 bits per heavy atom. The van der Waals surface area contributed by atoms with Crippen molar-refractivity contribution in [1.82, 2.24) is 0 Å². The molecule has 19 heavy (non-hydrogen) atoms. The van der Waals surface area contributed by atoms with Crippen LogP contribution >= 0.6 is 0 Å². The molecule has 0 saturated carbocycles. The van der Waals surface area contributed by atoms with Crippen LogP contribution in [0.1, 0.15) is 6.92 Å². The summed E-state index contributed by atoms with van der Waals surface area (Å²) in [4.78, 5) is 11.0. The van der Waals surface area contributed by atoms with Gasteiger partial charge in [0.1, 0.15) is 19.3 Å². The molecule has 0 aliphatic carbocycles. The number of rotatable bonds is 5. The molecule has 0 saturated heterocycles. The number of aliphatic hydroxyl groups is 1. The van der Waals surface area contributed by atoms with Crippen molar-refractivity contribution in [3.63, 3.8) is 0 Å². The predicted octanol–water partition coefficient (Wildman–Crippen LogP) is -0.823. The smallest absolute Gasteiger partial charge is 0.333 e. The monoisotopic (exact) mass is 299 g/mol. The van der Waals surface area contributed by atoms with E-state index in [2.05, 4.69) is 6.58 Å². The van der Waals surface area contributed by atoms with Crippen LogP contribution < -0.4 is 0 Å². The number of hydrogen-bond donors (Lipinski definition) is 2. The van der Waals surface area contributed by atoms with Crippen LogP contribution in [-0.4, -0.2) is 73.5 Å². The highest BCUT2D eigenvalue weighted by atomic mass is 32.3. The summed E-state index contributed by atoms with van der Waals surface area (Å²) in [5.41, 5.74) is 0.349. The van der Waals surface area contributed by atoms with Gasteiger partial charge in [-0.05, 0) is 6.92 Å². The fourth-order valence-corrected chi connectivity index (χ4v) is 0.980. The maximum absolute atomic E-state index is 11.0. The van der Waals surface area contributed by atoms with Gasteiger partial charge < -0.3 is 18.9 Å². The number of hydrogen-bond acceptors (Lipinski definition) is 6. The second kappa shape index (κ2) is 8.23. The van der Waals surface area contributed by atoms with Crippen LogP contribution in [-0.2, 0) is 19.9 Å². The van der Waals surface area contributed by atoms with Gasteiger partial charge in [0, 0.05) is 5.57 Å². The molecule has 1 atom stereocenters. The number of ether oxygens (including phenoxy) is 1. The lowest BCUT2D eigenvalue weighted by Gasteiger charge is -2.26. The van der Waals surface area contributed by atoms with Gasteiger partial charge in [-0.2, -0.15) is 0 Å². The van der Waals surface area contributed by atoms with E-state index < -0.39 is 22.5 Å². The average Bonchev–Trinajstić information content (AvgIpc) is 2.08. The van der Waals surface area contributed by atoms with Gasteiger partial charge in [0.15, 0.2) is 0 Å². The number of likely N-dealkylation sites (N-methyl/N-ethyl adjacent to an activating group) is 1. The Kier molecular flexibility index (Phi) is 8.80. The average molecular weight is 299 g/mol. The Balaban J connectivity index is 0. The largest absolute Gasteiger partial charge is 0.726 e. The molecule has 114 valence electrons. The fraction of sp³-hybridized carbons (Fsp3) is 0.700. The standard InChI is InChI=1S/C10H20NO3.H2O4S/c1-8(2)10(13)14-7-9(12)6-11(3,4)5;1-5(2,3)4/h9,12H,1,6-7H2,2-5H3;(H2,1,2,3,4)/q+1;/p-1. The van der Waals surface area contributed by atoms with E-state index in [1.165, 1.54) is 0 Å². The Labute approximate surface area is 113 Å². The summed E-state index contributed by atoms with van der Waals surface area (Å²) in [6, 6.07) is 0. The number of carbonyl (C=O) groups is 1. The zero-order valence-corrected chi connectivity index (χ0v) is 12.3. The van der Waals surface area contributed by atoms with Crippen molar-refractivity contribution in [2.24, 2.45) is 0 Å². The highest BCUT2D eigenvalue weighted by Crippen LogP contribution is 1.98. The van der Waals surface area contributed by atoms with Crippen LogP contribution in [0.3, 0.4) is 0 Å². The summed E-state index contributed by atoms with van der Waals surface area (Å²) in [5.74, 6) is -0.453. The third-order valence-corrected chi connectivity index (χ3v) is 1.51. The molecule has 0 rings (SSSR count). The molecule has 0 heterocycles. The SMILES string of the molecule is C=C(C)C(=O)OCC(O)C[N+](C)(C)C.O=S(=O)([O-])O. The van der Waals surface area contributed by atoms with Crippen LogP contribution in [0.4, 0.5) is 0 Å². The number of esters is 1. The Morgan fingerprint density at radius 2 is 1.79 bits per heavy atom. The molecule has 1 unspecified atom stereocenters. The quantitative estimate of drug-likeness (QED) is 0.223. The van der Waals surface area contributed by atoms with Gasteiger partial charge in [-0.25, -0.2) is 13.2 Å². The predicted molar refractivity (Wildman–Crippen MR) is 67.0 cm³/mol. The first-order valence-electron chi connectivity index (χ1n) is 5.22. The molecule has 9 heteroatoms. The minimum Gasteiger partial charge on any atom is -0.726 e. The van der Waals surface area contributed by atoms with Crippen molar-refractivity contribution in [2.75, 3.05) is 34.3 Å². The van der Waals surface area contributed by atoms with Gasteiger partial charge in [0.2, 0.25) is 10.4 Å². The van der Waals surface area contributed by atoms with Gasteiger partial charge in [0.25, 0.3) is 0 Å². The van der Waals surface area contributed by atoms with Crippen LogP contribution in [0.5, 0.6) is 0 Å². The number of quaternary nitrogens is 1. The van der Waals surface area contributed by atoms with Crippen LogP contribution in [0.25, 0.3) is 0 Å². The molecule has 2 N–H and O–H groups in total. The van der Waals surface area contributed by atoms with E-state index in [4.69, 9.17) is 22.3 Å². The van der Waals surface area contributed by atoms with Crippen molar-refractivity contribution < 1.29 is 36.6 Å². The molecule has 0 spiro atoms. The van der Waals surface area contributed by atoms with Crippen molar-refractivity contribution in [3.8, 4) is 0 Å². The summed E-state index contributed by atoms with van der Waals surface area (Å²) in [5, 5.41) is 9.49. The second-order valence-electron chi connectivity index (χ2n) is 4.93. The molecule has 0 aliphatic heterocycles. The maximum Gasteiger partial charge on any atom is 0.333 e. The highest BCUT2D eigenvalue weighted by molar-refractivity contribution is 7.79. The molecule has 0 aromatic rings. The van der Waals surface area contributed by atoms with Gasteiger partial charge >= 0.3 is 5.97 Å². The van der Waals surface area contributed by atoms with Crippen molar-refractivity contribution >= 4 is 16.4 Å². The molecule has 0 bridgehead atoms. The van der Waals surface area contributed by atoms with Crippen molar-refractivity contribution in [2.45, 2.75) is 13.0 Å². The summed E-state index contributed by atoms with van der Waals surface area (Å²) in [6.07, 6.45) is -0.627. The molecule has 0 aliphatic rings.